The number of benzene rings is 2. The Morgan fingerprint density at radius 3 is 2.75 bits per heavy atom. The Morgan fingerprint density at radius 1 is 1.10 bits per heavy atom. The molecule has 0 radical (unpaired) electrons. The van der Waals surface area contributed by atoms with Gasteiger partial charge in [0.2, 0.25) is 0 Å². The molecule has 0 aliphatic rings. The molecule has 0 aromatic heterocycles. The molecular weight excluding hydrogens is 254 g/mol. The van der Waals surface area contributed by atoms with Gasteiger partial charge in [0, 0.05) is 25.8 Å². The Labute approximate surface area is 119 Å². The van der Waals surface area contributed by atoms with Crippen LogP contribution in [0.1, 0.15) is 5.56 Å². The van der Waals surface area contributed by atoms with Crippen LogP contribution in [0.5, 0.6) is 5.75 Å². The van der Waals surface area contributed by atoms with Crippen LogP contribution < -0.4 is 10.1 Å². The van der Waals surface area contributed by atoms with Gasteiger partial charge in [-0.15, -0.1) is 0 Å². The van der Waals surface area contributed by atoms with Crippen molar-refractivity contribution >= 4 is 10.8 Å². The predicted molar refractivity (Wildman–Crippen MR) is 80.1 cm³/mol. The Bertz CT molecular complexity index is 542. The number of methoxy groups -OCH3 is 1. The summed E-state index contributed by atoms with van der Waals surface area (Å²) >= 11 is 0. The monoisotopic (exact) mass is 275 g/mol. The molecule has 0 unspecified atom stereocenters. The van der Waals surface area contributed by atoms with E-state index in [-0.39, 0.29) is 6.61 Å². The van der Waals surface area contributed by atoms with Gasteiger partial charge in [0.25, 0.3) is 0 Å². The summed E-state index contributed by atoms with van der Waals surface area (Å²) in [5.74, 6) is 0.867. The highest BCUT2D eigenvalue weighted by atomic mass is 16.5. The molecule has 2 rings (SSSR count). The van der Waals surface area contributed by atoms with Crippen molar-refractivity contribution in [3.05, 3.63) is 42.0 Å². The average molecular weight is 275 g/mol. The third kappa shape index (κ3) is 3.70. The fraction of sp³-hybridized carbons (Fsp3) is 0.375. The molecule has 0 fully saturated rings. The average Bonchev–Trinajstić information content (AvgIpc) is 2.49. The second kappa shape index (κ2) is 7.85. The number of hydrogen-bond donors (Lipinski definition) is 2. The first-order valence-electron chi connectivity index (χ1n) is 6.80. The molecule has 0 aliphatic carbocycles. The molecule has 2 N–H and O–H groups in total. The molecule has 0 heterocycles. The van der Waals surface area contributed by atoms with Crippen LogP contribution in [0.4, 0.5) is 0 Å². The van der Waals surface area contributed by atoms with Crippen LogP contribution in [-0.4, -0.2) is 38.6 Å². The van der Waals surface area contributed by atoms with Gasteiger partial charge in [0.15, 0.2) is 0 Å². The van der Waals surface area contributed by atoms with Crippen molar-refractivity contribution in [1.29, 1.82) is 0 Å². The fourth-order valence-corrected chi connectivity index (χ4v) is 2.16. The van der Waals surface area contributed by atoms with Gasteiger partial charge in [0.05, 0.1) is 13.2 Å². The van der Waals surface area contributed by atoms with Gasteiger partial charge in [-0.25, -0.2) is 0 Å². The number of ether oxygens (including phenoxy) is 2. The number of fused-ring (bicyclic) bond motifs is 1. The van der Waals surface area contributed by atoms with Crippen molar-refractivity contribution in [2.75, 3.05) is 33.5 Å². The lowest BCUT2D eigenvalue weighted by Gasteiger charge is -2.14. The highest BCUT2D eigenvalue weighted by Gasteiger charge is 2.08. The number of hydrogen-bond acceptors (Lipinski definition) is 4. The zero-order valence-electron chi connectivity index (χ0n) is 11.8. The maximum atomic E-state index is 8.89. The van der Waals surface area contributed by atoms with Crippen molar-refractivity contribution < 1.29 is 14.6 Å². The van der Waals surface area contributed by atoms with Gasteiger partial charge in [0.1, 0.15) is 12.4 Å². The number of aliphatic hydroxyl groups is 1. The molecule has 0 saturated heterocycles. The molecule has 4 nitrogen and oxygen atoms in total. The first-order valence-corrected chi connectivity index (χ1v) is 6.80. The lowest BCUT2D eigenvalue weighted by atomic mass is 10.0. The fourth-order valence-electron chi connectivity index (χ4n) is 2.16. The largest absolute Gasteiger partial charge is 0.491 e. The summed E-state index contributed by atoms with van der Waals surface area (Å²) < 4.78 is 10.8. The summed E-state index contributed by atoms with van der Waals surface area (Å²) in [6.07, 6.45) is 0. The van der Waals surface area contributed by atoms with E-state index in [1.165, 1.54) is 10.8 Å². The summed E-state index contributed by atoms with van der Waals surface area (Å²) in [7, 11) is 1.66. The smallest absolute Gasteiger partial charge is 0.124 e. The predicted octanol–water partition coefficient (Wildman–Crippen LogP) is 1.95. The standard InChI is InChI=1S/C16H21NO3/c1-19-10-11-20-16-7-6-13-4-2-3-5-14(13)15(16)12-17-8-9-18/h2-7,17-18H,8-12H2,1H3. The van der Waals surface area contributed by atoms with Crippen LogP contribution in [0.25, 0.3) is 10.8 Å². The Hall–Kier alpha value is -1.62. The molecule has 20 heavy (non-hydrogen) atoms. The maximum Gasteiger partial charge on any atom is 0.124 e. The molecule has 2 aromatic carbocycles. The Kier molecular flexibility index (Phi) is 5.80. The molecule has 108 valence electrons. The van der Waals surface area contributed by atoms with Crippen LogP contribution in [0.15, 0.2) is 36.4 Å². The minimum atomic E-state index is 0.130. The van der Waals surface area contributed by atoms with Crippen molar-refractivity contribution in [3.63, 3.8) is 0 Å². The summed E-state index contributed by atoms with van der Waals surface area (Å²) in [5, 5.41) is 14.5. The number of rotatable bonds is 8. The van der Waals surface area contributed by atoms with Crippen LogP contribution in [-0.2, 0) is 11.3 Å². The van der Waals surface area contributed by atoms with E-state index in [0.29, 0.717) is 26.3 Å². The second-order valence-electron chi connectivity index (χ2n) is 4.51. The van der Waals surface area contributed by atoms with Crippen LogP contribution in [0.3, 0.4) is 0 Å². The summed E-state index contributed by atoms with van der Waals surface area (Å²) in [6.45, 7) is 2.47. The molecule has 4 heteroatoms. The third-order valence-electron chi connectivity index (χ3n) is 3.13. The summed E-state index contributed by atoms with van der Waals surface area (Å²) in [6, 6.07) is 12.3. The second-order valence-corrected chi connectivity index (χ2v) is 4.51. The highest BCUT2D eigenvalue weighted by Crippen LogP contribution is 2.28. The van der Waals surface area contributed by atoms with Gasteiger partial charge in [-0.05, 0) is 16.8 Å². The third-order valence-corrected chi connectivity index (χ3v) is 3.13. The van der Waals surface area contributed by atoms with Crippen molar-refractivity contribution in [3.8, 4) is 5.75 Å². The van der Waals surface area contributed by atoms with E-state index in [1.807, 2.05) is 18.2 Å². The van der Waals surface area contributed by atoms with Crippen molar-refractivity contribution in [1.82, 2.24) is 5.32 Å². The molecule has 0 atom stereocenters. The van der Waals surface area contributed by atoms with Crippen LogP contribution >= 0.6 is 0 Å². The summed E-state index contributed by atoms with van der Waals surface area (Å²) in [5.41, 5.74) is 1.12. The topological polar surface area (TPSA) is 50.7 Å². The van der Waals surface area contributed by atoms with Gasteiger partial charge < -0.3 is 19.9 Å². The van der Waals surface area contributed by atoms with E-state index < -0.39 is 0 Å². The van der Waals surface area contributed by atoms with E-state index in [9.17, 15) is 0 Å². The minimum Gasteiger partial charge on any atom is -0.491 e. The Morgan fingerprint density at radius 2 is 1.95 bits per heavy atom. The summed E-state index contributed by atoms with van der Waals surface area (Å²) in [4.78, 5) is 0. The molecule has 2 aromatic rings. The molecule has 0 bridgehead atoms. The first-order chi connectivity index (χ1) is 9.86. The normalized spacial score (nSPS) is 10.9. The van der Waals surface area contributed by atoms with Crippen LogP contribution in [0, 0.1) is 0 Å². The number of aliphatic hydroxyl groups excluding tert-OH is 1. The molecule has 0 amide bonds. The zero-order valence-corrected chi connectivity index (χ0v) is 11.8. The molecule has 0 saturated carbocycles. The van der Waals surface area contributed by atoms with E-state index >= 15 is 0 Å². The van der Waals surface area contributed by atoms with Crippen LogP contribution in [0.2, 0.25) is 0 Å². The SMILES string of the molecule is COCCOc1ccc2ccccc2c1CNCCO. The van der Waals surface area contributed by atoms with E-state index in [0.717, 1.165) is 11.3 Å². The quantitative estimate of drug-likeness (QED) is 0.723. The molecule has 0 spiro atoms. The van der Waals surface area contributed by atoms with Crippen molar-refractivity contribution in [2.24, 2.45) is 0 Å². The molecular formula is C16H21NO3. The van der Waals surface area contributed by atoms with E-state index in [4.69, 9.17) is 14.6 Å². The van der Waals surface area contributed by atoms with E-state index in [2.05, 4.69) is 23.5 Å². The molecule has 0 aliphatic heterocycles. The minimum absolute atomic E-state index is 0.130. The van der Waals surface area contributed by atoms with Crippen molar-refractivity contribution in [2.45, 2.75) is 6.54 Å². The van der Waals surface area contributed by atoms with Gasteiger partial charge in [-0.3, -0.25) is 0 Å². The zero-order chi connectivity index (χ0) is 14.2. The van der Waals surface area contributed by atoms with Gasteiger partial charge in [-0.2, -0.15) is 0 Å². The lowest BCUT2D eigenvalue weighted by Crippen LogP contribution is -2.18. The lowest BCUT2D eigenvalue weighted by molar-refractivity contribution is 0.146. The highest BCUT2D eigenvalue weighted by molar-refractivity contribution is 5.87. The van der Waals surface area contributed by atoms with Gasteiger partial charge in [-0.1, -0.05) is 30.3 Å². The first kappa shape index (κ1) is 14.8. The van der Waals surface area contributed by atoms with E-state index in [1.54, 1.807) is 7.11 Å². The van der Waals surface area contributed by atoms with Gasteiger partial charge >= 0.3 is 0 Å². The number of nitrogens with one attached hydrogen (secondary N) is 1. The Balaban J connectivity index is 2.26. The maximum absolute atomic E-state index is 8.89.